The molecule has 0 aromatic heterocycles. The van der Waals surface area contributed by atoms with Crippen LogP contribution in [0.25, 0.3) is 0 Å². The first kappa shape index (κ1) is 13.1. The number of nitro groups is 1. The third kappa shape index (κ3) is 2.75. The molecule has 1 heterocycles. The van der Waals surface area contributed by atoms with Crippen molar-refractivity contribution >= 4 is 23.0 Å². The number of hydrogen-bond acceptors (Lipinski definition) is 3. The topological polar surface area (TPSA) is 46.4 Å². The van der Waals surface area contributed by atoms with E-state index in [0.29, 0.717) is 11.8 Å². The van der Waals surface area contributed by atoms with Crippen LogP contribution in [0.4, 0.5) is 11.4 Å². The van der Waals surface area contributed by atoms with Crippen molar-refractivity contribution in [3.05, 3.63) is 33.9 Å². The van der Waals surface area contributed by atoms with Crippen molar-refractivity contribution in [1.29, 1.82) is 0 Å². The molecule has 18 heavy (non-hydrogen) atoms. The lowest BCUT2D eigenvalue weighted by atomic mass is 9.98. The zero-order valence-corrected chi connectivity index (χ0v) is 11.2. The molecule has 1 aromatic carbocycles. The number of piperidine rings is 1. The molecule has 0 atom stereocenters. The van der Waals surface area contributed by atoms with Gasteiger partial charge in [0.1, 0.15) is 5.69 Å². The molecule has 98 valence electrons. The summed E-state index contributed by atoms with van der Waals surface area (Å²) >= 11 is 5.72. The van der Waals surface area contributed by atoms with Crippen LogP contribution in [0.1, 0.15) is 25.3 Å². The highest BCUT2D eigenvalue weighted by Crippen LogP contribution is 2.32. The monoisotopic (exact) mass is 268 g/mol. The second-order valence-corrected chi connectivity index (χ2v) is 5.15. The van der Waals surface area contributed by atoms with Crippen LogP contribution in [0, 0.1) is 16.0 Å². The van der Waals surface area contributed by atoms with Crippen LogP contribution >= 0.6 is 11.6 Å². The van der Waals surface area contributed by atoms with E-state index in [1.54, 1.807) is 6.07 Å². The fourth-order valence-corrected chi connectivity index (χ4v) is 2.48. The molecular weight excluding hydrogens is 252 g/mol. The van der Waals surface area contributed by atoms with Crippen LogP contribution in [0.3, 0.4) is 0 Å². The minimum Gasteiger partial charge on any atom is -0.366 e. The second-order valence-electron chi connectivity index (χ2n) is 4.88. The van der Waals surface area contributed by atoms with Gasteiger partial charge in [0.25, 0.3) is 5.69 Å². The molecule has 1 aromatic rings. The van der Waals surface area contributed by atoms with E-state index in [4.69, 9.17) is 11.6 Å². The lowest BCUT2D eigenvalue weighted by Gasteiger charge is -2.31. The number of nitro benzene ring substituents is 1. The lowest BCUT2D eigenvalue weighted by molar-refractivity contribution is -0.384. The van der Waals surface area contributed by atoms with Crippen molar-refractivity contribution in [2.45, 2.75) is 25.6 Å². The molecule has 1 aliphatic heterocycles. The van der Waals surface area contributed by atoms with Crippen LogP contribution < -0.4 is 4.90 Å². The molecule has 0 radical (unpaired) electrons. The zero-order chi connectivity index (χ0) is 13.1. The van der Waals surface area contributed by atoms with Gasteiger partial charge in [-0.2, -0.15) is 0 Å². The van der Waals surface area contributed by atoms with E-state index in [2.05, 4.69) is 11.8 Å². The molecule has 1 aliphatic rings. The van der Waals surface area contributed by atoms with Gasteiger partial charge in [0, 0.05) is 25.0 Å². The van der Waals surface area contributed by atoms with E-state index >= 15 is 0 Å². The lowest BCUT2D eigenvalue weighted by Crippen LogP contribution is -2.33. The molecule has 2 rings (SSSR count). The van der Waals surface area contributed by atoms with Crippen LogP contribution in [0.15, 0.2) is 18.2 Å². The fraction of sp³-hybridized carbons (Fsp3) is 0.538. The van der Waals surface area contributed by atoms with Gasteiger partial charge in [-0.1, -0.05) is 13.0 Å². The normalized spacial score (nSPS) is 16.9. The van der Waals surface area contributed by atoms with Crippen molar-refractivity contribution in [2.75, 3.05) is 18.0 Å². The number of hydrogen-bond donors (Lipinski definition) is 0. The number of rotatable bonds is 3. The highest BCUT2D eigenvalue weighted by Gasteiger charge is 2.23. The van der Waals surface area contributed by atoms with Gasteiger partial charge in [0.2, 0.25) is 0 Å². The summed E-state index contributed by atoms with van der Waals surface area (Å²) in [6, 6.07) is 5.28. The van der Waals surface area contributed by atoms with Crippen LogP contribution in [0.5, 0.6) is 0 Å². The average molecular weight is 269 g/mol. The predicted molar refractivity (Wildman–Crippen MR) is 73.3 cm³/mol. The van der Waals surface area contributed by atoms with Gasteiger partial charge < -0.3 is 4.90 Å². The molecule has 0 unspecified atom stereocenters. The third-order valence-electron chi connectivity index (χ3n) is 3.52. The predicted octanol–water partition coefficient (Wildman–Crippen LogP) is 3.57. The number of nitrogens with zero attached hydrogens (tertiary/aromatic N) is 2. The Morgan fingerprint density at radius 3 is 2.67 bits per heavy atom. The van der Waals surface area contributed by atoms with E-state index in [1.807, 2.05) is 12.1 Å². The minimum atomic E-state index is -0.316. The maximum atomic E-state index is 11.1. The van der Waals surface area contributed by atoms with Crippen LogP contribution in [-0.2, 0) is 5.88 Å². The smallest absolute Gasteiger partial charge is 0.292 e. The molecule has 0 N–H and O–H groups in total. The Morgan fingerprint density at radius 2 is 2.11 bits per heavy atom. The van der Waals surface area contributed by atoms with E-state index in [9.17, 15) is 10.1 Å². The summed E-state index contributed by atoms with van der Waals surface area (Å²) < 4.78 is 0. The van der Waals surface area contributed by atoms with Crippen molar-refractivity contribution in [2.24, 2.45) is 5.92 Å². The Kier molecular flexibility index (Phi) is 4.07. The van der Waals surface area contributed by atoms with Crippen molar-refractivity contribution in [1.82, 2.24) is 0 Å². The Hall–Kier alpha value is -1.29. The summed E-state index contributed by atoms with van der Waals surface area (Å²) in [4.78, 5) is 12.9. The number of halogens is 1. The molecule has 1 fully saturated rings. The maximum Gasteiger partial charge on any atom is 0.292 e. The molecule has 0 bridgehead atoms. The van der Waals surface area contributed by atoms with E-state index in [0.717, 1.165) is 37.2 Å². The summed E-state index contributed by atoms with van der Waals surface area (Å²) in [5.74, 6) is 1.01. The first-order valence-corrected chi connectivity index (χ1v) is 6.73. The van der Waals surface area contributed by atoms with Gasteiger partial charge >= 0.3 is 0 Å². The molecule has 0 spiro atoms. The third-order valence-corrected chi connectivity index (χ3v) is 3.82. The highest BCUT2D eigenvalue weighted by atomic mass is 35.5. The quantitative estimate of drug-likeness (QED) is 0.478. The Labute approximate surface area is 112 Å². The number of alkyl halides is 1. The Morgan fingerprint density at radius 1 is 1.44 bits per heavy atom. The first-order chi connectivity index (χ1) is 8.61. The fourth-order valence-electron chi connectivity index (χ4n) is 2.32. The van der Waals surface area contributed by atoms with Gasteiger partial charge in [-0.05, 0) is 30.4 Å². The number of benzene rings is 1. The molecule has 4 nitrogen and oxygen atoms in total. The van der Waals surface area contributed by atoms with E-state index in [-0.39, 0.29) is 10.6 Å². The van der Waals surface area contributed by atoms with Crippen LogP contribution in [-0.4, -0.2) is 18.0 Å². The molecule has 1 saturated heterocycles. The van der Waals surface area contributed by atoms with E-state index in [1.165, 1.54) is 0 Å². The number of anilines is 1. The van der Waals surface area contributed by atoms with Gasteiger partial charge in [0.15, 0.2) is 0 Å². The van der Waals surface area contributed by atoms with Crippen molar-refractivity contribution in [3.8, 4) is 0 Å². The first-order valence-electron chi connectivity index (χ1n) is 6.20. The Balaban J connectivity index is 2.29. The molecule has 0 aliphatic carbocycles. The van der Waals surface area contributed by atoms with Gasteiger partial charge in [-0.3, -0.25) is 10.1 Å². The summed E-state index contributed by atoms with van der Waals surface area (Å²) in [6.07, 6.45) is 2.18. The second kappa shape index (κ2) is 5.57. The largest absolute Gasteiger partial charge is 0.366 e. The summed E-state index contributed by atoms with van der Waals surface area (Å²) in [6.45, 7) is 4.01. The van der Waals surface area contributed by atoms with Gasteiger partial charge in [-0.15, -0.1) is 11.6 Å². The van der Waals surface area contributed by atoms with Gasteiger partial charge in [-0.25, -0.2) is 0 Å². The molecule has 5 heteroatoms. The van der Waals surface area contributed by atoms with Crippen molar-refractivity contribution in [3.63, 3.8) is 0 Å². The van der Waals surface area contributed by atoms with Crippen molar-refractivity contribution < 1.29 is 4.92 Å². The minimum absolute atomic E-state index is 0.169. The average Bonchev–Trinajstić information content (AvgIpc) is 2.39. The summed E-state index contributed by atoms with van der Waals surface area (Å²) in [5.41, 5.74) is 1.68. The summed E-state index contributed by atoms with van der Waals surface area (Å²) in [5, 5.41) is 11.1. The molecule has 0 saturated carbocycles. The van der Waals surface area contributed by atoms with E-state index < -0.39 is 0 Å². The van der Waals surface area contributed by atoms with Gasteiger partial charge in [0.05, 0.1) is 4.92 Å². The highest BCUT2D eigenvalue weighted by molar-refractivity contribution is 6.17. The SMILES string of the molecule is CC1CCN(c2ccc(CCl)cc2[N+](=O)[O-])CC1. The maximum absolute atomic E-state index is 11.1. The van der Waals surface area contributed by atoms with Crippen LogP contribution in [0.2, 0.25) is 0 Å². The molecular formula is C13H17ClN2O2. The molecule has 0 amide bonds. The zero-order valence-electron chi connectivity index (χ0n) is 10.4. The Bertz CT molecular complexity index is 443. The standard InChI is InChI=1S/C13H17ClN2O2/c1-10-4-6-15(7-5-10)12-3-2-11(9-14)8-13(12)16(17)18/h2-3,8,10H,4-7,9H2,1H3. The summed E-state index contributed by atoms with van der Waals surface area (Å²) in [7, 11) is 0.